The Bertz CT molecular complexity index is 2440. The summed E-state index contributed by atoms with van der Waals surface area (Å²) in [5, 5.41) is 14.2. The number of amides is 1. The van der Waals surface area contributed by atoms with Gasteiger partial charge >= 0.3 is 10.1 Å². The van der Waals surface area contributed by atoms with Crippen LogP contribution in [0, 0.1) is 17.0 Å². The molecule has 14 heteroatoms. The molecule has 0 unspecified atom stereocenters. The van der Waals surface area contributed by atoms with Gasteiger partial charge in [-0.25, -0.2) is 4.99 Å². The first-order valence-electron chi connectivity index (χ1n) is 14.8. The summed E-state index contributed by atoms with van der Waals surface area (Å²) in [6.45, 7) is 3.23. The summed E-state index contributed by atoms with van der Waals surface area (Å²) in [5.74, 6) is 0.131. The fourth-order valence-corrected chi connectivity index (χ4v) is 7.34. The van der Waals surface area contributed by atoms with E-state index in [2.05, 4.69) is 10.3 Å². The molecule has 1 aromatic heterocycles. The second-order valence-corrected chi connectivity index (χ2v) is 13.5. The minimum atomic E-state index is -4.37. The molecule has 49 heavy (non-hydrogen) atoms. The van der Waals surface area contributed by atoms with Crippen molar-refractivity contribution >= 4 is 44.8 Å². The second kappa shape index (κ2) is 13.3. The zero-order valence-electron chi connectivity index (χ0n) is 26.3. The number of carbonyl (C=O) groups excluding carboxylic acids is 1. The van der Waals surface area contributed by atoms with E-state index in [0.717, 1.165) is 17.4 Å². The van der Waals surface area contributed by atoms with Crippen LogP contribution >= 0.6 is 11.3 Å². The largest absolute Gasteiger partial charge is 0.497 e. The van der Waals surface area contributed by atoms with Gasteiger partial charge < -0.3 is 14.2 Å². The summed E-state index contributed by atoms with van der Waals surface area (Å²) in [6, 6.07) is 24.8. The average Bonchev–Trinajstić information content (AvgIpc) is 3.38. The monoisotopic (exact) mass is 696 g/mol. The van der Waals surface area contributed by atoms with Gasteiger partial charge in [0.1, 0.15) is 16.4 Å². The number of nitro groups is 1. The van der Waals surface area contributed by atoms with Gasteiger partial charge in [-0.15, -0.1) is 0 Å². The number of allylic oxidation sites excluding steroid dienone is 1. The molecule has 2 heterocycles. The van der Waals surface area contributed by atoms with E-state index in [0.29, 0.717) is 48.7 Å². The van der Waals surface area contributed by atoms with Crippen molar-refractivity contribution in [1.82, 2.24) is 4.57 Å². The lowest BCUT2D eigenvalue weighted by Gasteiger charge is -2.25. The molecule has 5 aromatic rings. The molecule has 0 radical (unpaired) electrons. The Morgan fingerprint density at radius 2 is 1.71 bits per heavy atom. The van der Waals surface area contributed by atoms with Gasteiger partial charge in [-0.1, -0.05) is 59.9 Å². The fraction of sp³-hybridized carbons (Fsp3) is 0.114. The van der Waals surface area contributed by atoms with Gasteiger partial charge in [0.15, 0.2) is 4.80 Å². The Kier molecular flexibility index (Phi) is 8.99. The normalized spacial score (nSPS) is 14.5. The molecule has 1 aliphatic heterocycles. The van der Waals surface area contributed by atoms with E-state index in [-0.39, 0.29) is 21.9 Å². The van der Waals surface area contributed by atoms with Crippen molar-refractivity contribution in [2.75, 3.05) is 12.4 Å². The number of nitrogens with zero attached hydrogens (tertiary/aromatic N) is 3. The number of anilines is 1. The second-order valence-electron chi connectivity index (χ2n) is 11.0. The zero-order chi connectivity index (χ0) is 34.9. The molecule has 1 atom stereocenters. The molecule has 0 saturated heterocycles. The lowest BCUT2D eigenvalue weighted by atomic mass is 9.95. The summed E-state index contributed by atoms with van der Waals surface area (Å²) in [7, 11) is -2.83. The predicted octanol–water partition coefficient (Wildman–Crippen LogP) is 4.87. The molecule has 1 amide bonds. The van der Waals surface area contributed by atoms with Crippen LogP contribution in [0.1, 0.15) is 29.7 Å². The Hall–Kier alpha value is -5.86. The van der Waals surface area contributed by atoms with Crippen molar-refractivity contribution in [2.24, 2.45) is 4.99 Å². The van der Waals surface area contributed by atoms with Gasteiger partial charge in [0.25, 0.3) is 17.2 Å². The van der Waals surface area contributed by atoms with E-state index in [4.69, 9.17) is 8.92 Å². The van der Waals surface area contributed by atoms with E-state index in [1.807, 2.05) is 12.1 Å². The van der Waals surface area contributed by atoms with Gasteiger partial charge in [0, 0.05) is 17.3 Å². The SMILES string of the molecule is COc1cccc([C@H]2C(C(=O)Nc3ccccc3)=C(C)N=c3s/c(=C\c4ccc(OS(=O)(=O)c5ccc(C)c([N+](=O)[O-])c5)cc4)c(=O)n32)c1. The number of rotatable bonds is 9. The average molecular weight is 697 g/mol. The fourth-order valence-electron chi connectivity index (χ4n) is 5.35. The molecule has 0 saturated carbocycles. The van der Waals surface area contributed by atoms with Crippen LogP contribution in [-0.2, 0) is 14.9 Å². The number of hydrogen-bond acceptors (Lipinski definition) is 10. The smallest absolute Gasteiger partial charge is 0.339 e. The lowest BCUT2D eigenvalue weighted by Crippen LogP contribution is -2.40. The predicted molar refractivity (Wildman–Crippen MR) is 184 cm³/mol. The number of fused-ring (bicyclic) bond motifs is 1. The first-order chi connectivity index (χ1) is 23.4. The van der Waals surface area contributed by atoms with E-state index >= 15 is 0 Å². The minimum Gasteiger partial charge on any atom is -0.497 e. The van der Waals surface area contributed by atoms with Gasteiger partial charge in [0.2, 0.25) is 0 Å². The van der Waals surface area contributed by atoms with E-state index in [9.17, 15) is 28.1 Å². The lowest BCUT2D eigenvalue weighted by molar-refractivity contribution is -0.385. The molecule has 12 nitrogen and oxygen atoms in total. The highest BCUT2D eigenvalue weighted by Crippen LogP contribution is 2.32. The van der Waals surface area contributed by atoms with Gasteiger partial charge in [0.05, 0.1) is 33.9 Å². The number of hydrogen-bond donors (Lipinski definition) is 1. The molecule has 0 spiro atoms. The number of carbonyl (C=O) groups is 1. The Morgan fingerprint density at radius 1 is 0.980 bits per heavy atom. The van der Waals surface area contributed by atoms with Crippen LogP contribution < -0.4 is 29.1 Å². The topological polar surface area (TPSA) is 159 Å². The summed E-state index contributed by atoms with van der Waals surface area (Å²) in [4.78, 5) is 43.1. The third-order valence-electron chi connectivity index (χ3n) is 7.76. The Labute approximate surface area is 284 Å². The van der Waals surface area contributed by atoms with Gasteiger partial charge in [-0.3, -0.25) is 24.3 Å². The first-order valence-corrected chi connectivity index (χ1v) is 17.0. The summed E-state index contributed by atoms with van der Waals surface area (Å²) in [6.07, 6.45) is 1.64. The minimum absolute atomic E-state index is 0.0236. The van der Waals surface area contributed by atoms with E-state index in [1.165, 1.54) is 42.9 Å². The molecule has 1 N–H and O–H groups in total. The van der Waals surface area contributed by atoms with Crippen LogP contribution in [0.15, 0.2) is 123 Å². The third-order valence-corrected chi connectivity index (χ3v) is 9.98. The molecule has 0 fully saturated rings. The third kappa shape index (κ3) is 6.77. The molecular formula is C35H28N4O8S2. The molecule has 248 valence electrons. The molecule has 1 aliphatic rings. The maximum Gasteiger partial charge on any atom is 0.339 e. The number of methoxy groups -OCH3 is 1. The van der Waals surface area contributed by atoms with Crippen molar-refractivity contribution < 1.29 is 27.1 Å². The van der Waals surface area contributed by atoms with Crippen LogP contribution in [0.2, 0.25) is 0 Å². The van der Waals surface area contributed by atoms with Crippen molar-refractivity contribution in [3.8, 4) is 11.5 Å². The number of para-hydroxylation sites is 1. The number of aryl methyl sites for hydroxylation is 1. The van der Waals surface area contributed by atoms with Crippen molar-refractivity contribution in [2.45, 2.75) is 24.8 Å². The molecule has 0 aliphatic carbocycles. The maximum atomic E-state index is 14.0. The van der Waals surface area contributed by atoms with Crippen LogP contribution in [0.5, 0.6) is 11.5 Å². The first kappa shape index (κ1) is 33.1. The van der Waals surface area contributed by atoms with E-state index in [1.54, 1.807) is 67.6 Å². The number of aromatic nitrogens is 1. The van der Waals surface area contributed by atoms with E-state index < -0.39 is 27.0 Å². The van der Waals surface area contributed by atoms with Crippen LogP contribution in [0.3, 0.4) is 0 Å². The molecule has 6 rings (SSSR count). The molecule has 4 aromatic carbocycles. The van der Waals surface area contributed by atoms with Crippen molar-refractivity contribution in [3.05, 3.63) is 155 Å². The highest BCUT2D eigenvalue weighted by Gasteiger charge is 2.33. The highest BCUT2D eigenvalue weighted by atomic mass is 32.2. The number of ether oxygens (including phenoxy) is 1. The number of benzene rings is 4. The van der Waals surface area contributed by atoms with Crippen LogP contribution in [0.25, 0.3) is 6.08 Å². The summed E-state index contributed by atoms with van der Waals surface area (Å²) >= 11 is 1.15. The zero-order valence-corrected chi connectivity index (χ0v) is 27.9. The van der Waals surface area contributed by atoms with Gasteiger partial charge in [-0.05, 0) is 73.5 Å². The van der Waals surface area contributed by atoms with Crippen molar-refractivity contribution in [3.63, 3.8) is 0 Å². The number of nitro benzene ring substituents is 1. The van der Waals surface area contributed by atoms with Crippen molar-refractivity contribution in [1.29, 1.82) is 0 Å². The van der Waals surface area contributed by atoms with Gasteiger partial charge in [-0.2, -0.15) is 8.42 Å². The molecular weight excluding hydrogens is 669 g/mol. The maximum absolute atomic E-state index is 14.0. The Morgan fingerprint density at radius 3 is 2.41 bits per heavy atom. The van der Waals surface area contributed by atoms with Crippen LogP contribution in [0.4, 0.5) is 11.4 Å². The quantitative estimate of drug-likeness (QED) is 0.130. The van der Waals surface area contributed by atoms with Crippen LogP contribution in [-0.4, -0.2) is 30.9 Å². The number of thiazole rings is 1. The molecule has 0 bridgehead atoms. The standard InChI is InChI=1S/C35H28N4O8S2/c1-21-12-17-28(20-29(21)39(42)43)49(44,45)47-26-15-13-23(14-16-26)18-30-34(41)38-32(24-8-7-11-27(19-24)46-3)31(22(2)36-35(38)48-30)33(40)37-25-9-5-4-6-10-25/h4-20,32H,1-3H3,(H,37,40)/b30-18-/t32-/m0/s1. The highest BCUT2D eigenvalue weighted by molar-refractivity contribution is 7.87. The Balaban J connectivity index is 1.35. The number of nitrogens with one attached hydrogen (secondary N) is 1. The summed E-state index contributed by atoms with van der Waals surface area (Å²) in [5.41, 5.74) is 2.17. The summed E-state index contributed by atoms with van der Waals surface area (Å²) < 4.78 is 38.2.